The van der Waals surface area contributed by atoms with Crippen LogP contribution in [0, 0.1) is 11.3 Å². The average molecular weight is 442 g/mol. The molecule has 0 saturated carbocycles. The molecule has 2 aliphatic heterocycles. The summed E-state index contributed by atoms with van der Waals surface area (Å²) in [5, 5.41) is 21.8. The molecule has 1 aromatic heterocycles. The zero-order chi connectivity index (χ0) is 18.8. The Morgan fingerprint density at radius 1 is 1.22 bits per heavy atom. The van der Waals surface area contributed by atoms with E-state index in [1.807, 2.05) is 12.1 Å². The summed E-state index contributed by atoms with van der Waals surface area (Å²) in [5.41, 5.74) is 2.87. The second-order valence-corrected chi connectivity index (χ2v) is 8.34. The van der Waals surface area contributed by atoms with Gasteiger partial charge in [0.25, 0.3) is 0 Å². The van der Waals surface area contributed by atoms with E-state index in [-0.39, 0.29) is 0 Å². The van der Waals surface area contributed by atoms with E-state index in [4.69, 9.17) is 0 Å². The lowest BCUT2D eigenvalue weighted by atomic mass is 10.1. The Labute approximate surface area is 171 Å². The Morgan fingerprint density at radius 3 is 2.78 bits per heavy atom. The van der Waals surface area contributed by atoms with Crippen LogP contribution in [0.3, 0.4) is 0 Å². The van der Waals surface area contributed by atoms with E-state index in [9.17, 15) is 5.26 Å². The summed E-state index contributed by atoms with van der Waals surface area (Å²) in [6.45, 7) is 3.79. The third-order valence-electron chi connectivity index (χ3n) is 4.93. The van der Waals surface area contributed by atoms with Gasteiger partial charge in [0.1, 0.15) is 22.5 Å². The van der Waals surface area contributed by atoms with E-state index in [0.717, 1.165) is 58.9 Å². The zero-order valence-corrected chi connectivity index (χ0v) is 17.6. The molecule has 138 valence electrons. The minimum atomic E-state index is 0.617. The topological polar surface area (TPSA) is 57.7 Å². The van der Waals surface area contributed by atoms with Crippen LogP contribution in [0.4, 0.5) is 0 Å². The fourth-order valence-corrected chi connectivity index (χ4v) is 4.92. The van der Waals surface area contributed by atoms with Crippen LogP contribution in [0.5, 0.6) is 0 Å². The number of nitriles is 1. The Balaban J connectivity index is 1.74. The van der Waals surface area contributed by atoms with Gasteiger partial charge < -0.3 is 9.47 Å². The van der Waals surface area contributed by atoms with Crippen molar-refractivity contribution >= 4 is 39.0 Å². The van der Waals surface area contributed by atoms with Crippen molar-refractivity contribution in [2.45, 2.75) is 39.2 Å². The monoisotopic (exact) mass is 441 g/mol. The van der Waals surface area contributed by atoms with E-state index in [2.05, 4.69) is 66.1 Å². The molecular weight excluding hydrogens is 422 g/mol. The molecule has 0 unspecified atom stereocenters. The van der Waals surface area contributed by atoms with Gasteiger partial charge in [0, 0.05) is 29.4 Å². The highest BCUT2D eigenvalue weighted by atomic mass is 79.9. The predicted molar refractivity (Wildman–Crippen MR) is 112 cm³/mol. The van der Waals surface area contributed by atoms with Crippen molar-refractivity contribution in [3.8, 4) is 6.07 Å². The summed E-state index contributed by atoms with van der Waals surface area (Å²) in [7, 11) is 0. The fraction of sp³-hybridized carbons (Fsp3) is 0.350. The Hall–Kier alpha value is -2.04. The number of halogens is 1. The zero-order valence-electron chi connectivity index (χ0n) is 15.2. The first kappa shape index (κ1) is 18.3. The molecule has 2 aromatic rings. The fourth-order valence-electron chi connectivity index (χ4n) is 3.56. The molecule has 2 aliphatic rings. The summed E-state index contributed by atoms with van der Waals surface area (Å²) in [4.78, 5) is 2.20. The molecular formula is C20H20BrN5S. The summed E-state index contributed by atoms with van der Waals surface area (Å²) in [6, 6.07) is 10.7. The highest BCUT2D eigenvalue weighted by Crippen LogP contribution is 2.43. The Bertz CT molecular complexity index is 952. The SMILES string of the molecule is CCN1C(c2ccc(Br)cc2)=CSC1=C(C#N)c1nnc2n1CCCCC2. The lowest BCUT2D eigenvalue weighted by Gasteiger charge is -2.23. The first-order chi connectivity index (χ1) is 13.2. The van der Waals surface area contributed by atoms with Crippen LogP contribution in [0.25, 0.3) is 11.3 Å². The second kappa shape index (κ2) is 7.91. The first-order valence-electron chi connectivity index (χ1n) is 9.20. The molecule has 1 aromatic carbocycles. The minimum Gasteiger partial charge on any atom is -0.334 e. The van der Waals surface area contributed by atoms with Crippen molar-refractivity contribution in [3.05, 3.63) is 56.4 Å². The van der Waals surface area contributed by atoms with Gasteiger partial charge in [0.2, 0.25) is 0 Å². The molecule has 0 saturated heterocycles. The first-order valence-corrected chi connectivity index (χ1v) is 10.9. The van der Waals surface area contributed by atoms with Crippen LogP contribution >= 0.6 is 27.7 Å². The highest BCUT2D eigenvalue weighted by Gasteiger charge is 2.28. The van der Waals surface area contributed by atoms with Gasteiger partial charge in [-0.15, -0.1) is 10.2 Å². The Morgan fingerprint density at radius 2 is 2.04 bits per heavy atom. The molecule has 0 fully saturated rings. The van der Waals surface area contributed by atoms with E-state index < -0.39 is 0 Å². The molecule has 27 heavy (non-hydrogen) atoms. The van der Waals surface area contributed by atoms with E-state index in [0.29, 0.717) is 11.4 Å². The summed E-state index contributed by atoms with van der Waals surface area (Å²) in [5.74, 6) is 1.71. The third kappa shape index (κ3) is 3.44. The van der Waals surface area contributed by atoms with Crippen molar-refractivity contribution in [1.29, 1.82) is 5.26 Å². The van der Waals surface area contributed by atoms with Crippen LogP contribution in [0.1, 0.15) is 43.4 Å². The predicted octanol–water partition coefficient (Wildman–Crippen LogP) is 5.03. The number of allylic oxidation sites excluding steroid dienone is 1. The summed E-state index contributed by atoms with van der Waals surface area (Å²) >= 11 is 5.09. The molecule has 0 spiro atoms. The van der Waals surface area contributed by atoms with Gasteiger partial charge in [-0.1, -0.05) is 46.2 Å². The van der Waals surface area contributed by atoms with E-state index in [1.165, 1.54) is 6.42 Å². The molecule has 0 bridgehead atoms. The lowest BCUT2D eigenvalue weighted by Crippen LogP contribution is -2.18. The average Bonchev–Trinajstić information content (AvgIpc) is 3.20. The number of rotatable bonds is 3. The number of thioether (sulfide) groups is 1. The molecule has 0 N–H and O–H groups in total. The molecule has 0 aliphatic carbocycles. The van der Waals surface area contributed by atoms with Gasteiger partial charge in [0.15, 0.2) is 5.82 Å². The van der Waals surface area contributed by atoms with Crippen LogP contribution in [0.15, 0.2) is 39.2 Å². The van der Waals surface area contributed by atoms with Crippen LogP contribution in [-0.4, -0.2) is 26.2 Å². The molecule has 0 amide bonds. The summed E-state index contributed by atoms with van der Waals surface area (Å²) < 4.78 is 3.20. The Kier molecular flexibility index (Phi) is 5.37. The molecule has 3 heterocycles. The normalized spacial score (nSPS) is 18.6. The van der Waals surface area contributed by atoms with E-state index in [1.54, 1.807) is 11.8 Å². The van der Waals surface area contributed by atoms with Crippen molar-refractivity contribution in [2.24, 2.45) is 0 Å². The second-order valence-electron chi connectivity index (χ2n) is 6.57. The molecule has 0 atom stereocenters. The van der Waals surface area contributed by atoms with Gasteiger partial charge in [-0.3, -0.25) is 0 Å². The quantitative estimate of drug-likeness (QED) is 0.625. The lowest BCUT2D eigenvalue weighted by molar-refractivity contribution is 0.556. The standard InChI is InChI=1S/C20H20BrN5S/c1-2-25-17(14-7-9-15(21)10-8-14)13-27-20(25)16(12-22)19-24-23-18-6-4-3-5-11-26(18)19/h7-10,13H,2-6,11H2,1H3. The summed E-state index contributed by atoms with van der Waals surface area (Å²) in [6.07, 6.45) is 4.39. The van der Waals surface area contributed by atoms with Crippen molar-refractivity contribution in [1.82, 2.24) is 19.7 Å². The highest BCUT2D eigenvalue weighted by molar-refractivity contribution is 9.10. The molecule has 0 radical (unpaired) electrons. The van der Waals surface area contributed by atoms with Crippen molar-refractivity contribution < 1.29 is 0 Å². The number of benzene rings is 1. The maximum Gasteiger partial charge on any atom is 0.177 e. The maximum absolute atomic E-state index is 9.98. The number of fused-ring (bicyclic) bond motifs is 1. The number of aromatic nitrogens is 3. The number of aryl methyl sites for hydroxylation is 1. The van der Waals surface area contributed by atoms with Gasteiger partial charge in [-0.2, -0.15) is 5.26 Å². The third-order valence-corrected chi connectivity index (χ3v) is 6.45. The minimum absolute atomic E-state index is 0.617. The van der Waals surface area contributed by atoms with E-state index >= 15 is 0 Å². The smallest absolute Gasteiger partial charge is 0.177 e. The molecule has 5 nitrogen and oxygen atoms in total. The van der Waals surface area contributed by atoms with Crippen LogP contribution in [0.2, 0.25) is 0 Å². The van der Waals surface area contributed by atoms with Gasteiger partial charge in [-0.25, -0.2) is 0 Å². The number of hydrogen-bond donors (Lipinski definition) is 0. The largest absolute Gasteiger partial charge is 0.334 e. The van der Waals surface area contributed by atoms with Crippen molar-refractivity contribution in [2.75, 3.05) is 6.54 Å². The van der Waals surface area contributed by atoms with Gasteiger partial charge in [-0.05, 0) is 37.5 Å². The molecule has 4 rings (SSSR count). The molecule has 7 heteroatoms. The van der Waals surface area contributed by atoms with Crippen molar-refractivity contribution in [3.63, 3.8) is 0 Å². The number of nitrogens with zero attached hydrogens (tertiary/aromatic N) is 5. The maximum atomic E-state index is 9.98. The number of hydrogen-bond acceptors (Lipinski definition) is 5. The van der Waals surface area contributed by atoms with Gasteiger partial charge >= 0.3 is 0 Å². The van der Waals surface area contributed by atoms with Crippen LogP contribution < -0.4 is 0 Å². The van der Waals surface area contributed by atoms with Gasteiger partial charge in [0.05, 0.1) is 5.70 Å². The van der Waals surface area contributed by atoms with Crippen LogP contribution in [-0.2, 0) is 13.0 Å².